The number of piperidine rings is 1. The van der Waals surface area contributed by atoms with E-state index in [9.17, 15) is 0 Å². The summed E-state index contributed by atoms with van der Waals surface area (Å²) in [5, 5.41) is 3.51. The summed E-state index contributed by atoms with van der Waals surface area (Å²) in [5.74, 6) is 2.15. The standard InChI is InChI=1S/C17H28N2O2/c1-3-20-16-5-4-8-19(12-16)11-14-9-17(21-13(14)2)10-18-15-6-7-15/h9,15-16,18H,3-8,10-12H2,1-2H3. The molecule has 4 nitrogen and oxygen atoms in total. The first-order valence-electron chi connectivity index (χ1n) is 8.40. The molecule has 3 rings (SSSR count). The van der Waals surface area contributed by atoms with Gasteiger partial charge in [-0.15, -0.1) is 0 Å². The van der Waals surface area contributed by atoms with Gasteiger partial charge in [-0.1, -0.05) is 0 Å². The van der Waals surface area contributed by atoms with Gasteiger partial charge in [0.2, 0.25) is 0 Å². The van der Waals surface area contributed by atoms with Crippen molar-refractivity contribution in [2.24, 2.45) is 0 Å². The summed E-state index contributed by atoms with van der Waals surface area (Å²) < 4.78 is 11.7. The monoisotopic (exact) mass is 292 g/mol. The minimum absolute atomic E-state index is 0.409. The molecule has 0 amide bonds. The van der Waals surface area contributed by atoms with Gasteiger partial charge in [-0.3, -0.25) is 4.90 Å². The van der Waals surface area contributed by atoms with Crippen LogP contribution in [0.2, 0.25) is 0 Å². The van der Waals surface area contributed by atoms with Crippen molar-refractivity contribution < 1.29 is 9.15 Å². The molecule has 0 spiro atoms. The Hall–Kier alpha value is -0.840. The Morgan fingerprint density at radius 3 is 3.00 bits per heavy atom. The van der Waals surface area contributed by atoms with Crippen LogP contribution in [-0.4, -0.2) is 36.7 Å². The maximum atomic E-state index is 5.89. The maximum absolute atomic E-state index is 5.89. The predicted octanol–water partition coefficient (Wildman–Crippen LogP) is 2.84. The van der Waals surface area contributed by atoms with Crippen molar-refractivity contribution in [1.82, 2.24) is 10.2 Å². The molecule has 0 bridgehead atoms. The van der Waals surface area contributed by atoms with E-state index in [2.05, 4.69) is 30.1 Å². The maximum Gasteiger partial charge on any atom is 0.118 e. The molecular weight excluding hydrogens is 264 g/mol. The van der Waals surface area contributed by atoms with Gasteiger partial charge in [0.1, 0.15) is 11.5 Å². The van der Waals surface area contributed by atoms with Gasteiger partial charge < -0.3 is 14.5 Å². The summed E-state index contributed by atoms with van der Waals surface area (Å²) in [4.78, 5) is 2.50. The van der Waals surface area contributed by atoms with Gasteiger partial charge in [0, 0.05) is 31.3 Å². The summed E-state index contributed by atoms with van der Waals surface area (Å²) >= 11 is 0. The highest BCUT2D eigenvalue weighted by atomic mass is 16.5. The Bertz CT molecular complexity index is 452. The molecule has 0 radical (unpaired) electrons. The highest BCUT2D eigenvalue weighted by molar-refractivity contribution is 5.21. The number of hydrogen-bond acceptors (Lipinski definition) is 4. The van der Waals surface area contributed by atoms with Crippen LogP contribution < -0.4 is 5.32 Å². The van der Waals surface area contributed by atoms with Crippen LogP contribution in [-0.2, 0) is 17.8 Å². The smallest absolute Gasteiger partial charge is 0.118 e. The molecule has 21 heavy (non-hydrogen) atoms. The molecule has 118 valence electrons. The number of rotatable bonds is 7. The first-order chi connectivity index (χ1) is 10.2. The first kappa shape index (κ1) is 15.1. The molecule has 1 aromatic rings. The first-order valence-corrected chi connectivity index (χ1v) is 8.40. The lowest BCUT2D eigenvalue weighted by Gasteiger charge is -2.32. The van der Waals surface area contributed by atoms with E-state index in [1.54, 1.807) is 0 Å². The number of aryl methyl sites for hydroxylation is 1. The van der Waals surface area contributed by atoms with E-state index in [0.29, 0.717) is 6.10 Å². The summed E-state index contributed by atoms with van der Waals surface area (Å²) in [6, 6.07) is 2.96. The van der Waals surface area contributed by atoms with Crippen LogP contribution >= 0.6 is 0 Å². The summed E-state index contributed by atoms with van der Waals surface area (Å²) in [6.07, 6.45) is 5.48. The normalized spacial score (nSPS) is 23.6. The average Bonchev–Trinajstić information content (AvgIpc) is 3.23. The van der Waals surface area contributed by atoms with Crippen molar-refractivity contribution >= 4 is 0 Å². The number of nitrogens with zero attached hydrogens (tertiary/aromatic N) is 1. The molecule has 1 saturated heterocycles. The predicted molar refractivity (Wildman–Crippen MR) is 83.2 cm³/mol. The number of likely N-dealkylation sites (tertiary alicyclic amines) is 1. The molecule has 1 N–H and O–H groups in total. The van der Waals surface area contributed by atoms with Crippen LogP contribution in [0.4, 0.5) is 0 Å². The van der Waals surface area contributed by atoms with E-state index in [-0.39, 0.29) is 0 Å². The van der Waals surface area contributed by atoms with E-state index >= 15 is 0 Å². The molecule has 0 aromatic carbocycles. The summed E-state index contributed by atoms with van der Waals surface area (Å²) in [7, 11) is 0. The Morgan fingerprint density at radius 2 is 2.24 bits per heavy atom. The number of hydrogen-bond donors (Lipinski definition) is 1. The van der Waals surface area contributed by atoms with Crippen molar-refractivity contribution in [1.29, 1.82) is 0 Å². The Kier molecular flexibility index (Phi) is 4.99. The third kappa shape index (κ3) is 4.31. The third-order valence-electron chi connectivity index (χ3n) is 4.47. The highest BCUT2D eigenvalue weighted by Crippen LogP contribution is 2.22. The number of nitrogens with one attached hydrogen (secondary N) is 1. The van der Waals surface area contributed by atoms with Gasteiger partial charge in [-0.05, 0) is 52.1 Å². The molecule has 1 aromatic heterocycles. The fraction of sp³-hybridized carbons (Fsp3) is 0.765. The Balaban J connectivity index is 1.53. The number of furan rings is 1. The van der Waals surface area contributed by atoms with Crippen molar-refractivity contribution in [3.63, 3.8) is 0 Å². The van der Waals surface area contributed by atoms with Gasteiger partial charge in [0.15, 0.2) is 0 Å². The van der Waals surface area contributed by atoms with Gasteiger partial charge >= 0.3 is 0 Å². The molecule has 2 fully saturated rings. The lowest BCUT2D eigenvalue weighted by molar-refractivity contribution is 0.00352. The quantitative estimate of drug-likeness (QED) is 0.838. The lowest BCUT2D eigenvalue weighted by atomic mass is 10.1. The van der Waals surface area contributed by atoms with E-state index in [4.69, 9.17) is 9.15 Å². The minimum Gasteiger partial charge on any atom is -0.465 e. The molecule has 1 aliphatic heterocycles. The largest absolute Gasteiger partial charge is 0.465 e. The molecule has 4 heteroatoms. The zero-order valence-corrected chi connectivity index (χ0v) is 13.4. The average molecular weight is 292 g/mol. The molecule has 1 atom stereocenters. The topological polar surface area (TPSA) is 37.6 Å². The molecule has 2 aliphatic rings. The minimum atomic E-state index is 0.409. The van der Waals surface area contributed by atoms with Crippen LogP contribution in [0.15, 0.2) is 10.5 Å². The SMILES string of the molecule is CCOC1CCCN(Cc2cc(CNC3CC3)oc2C)C1. The van der Waals surface area contributed by atoms with Crippen molar-refractivity contribution in [3.05, 3.63) is 23.2 Å². The fourth-order valence-electron chi connectivity index (χ4n) is 3.13. The Morgan fingerprint density at radius 1 is 1.38 bits per heavy atom. The third-order valence-corrected chi connectivity index (χ3v) is 4.47. The zero-order valence-electron chi connectivity index (χ0n) is 13.4. The van der Waals surface area contributed by atoms with E-state index in [1.807, 2.05) is 0 Å². The molecule has 1 aliphatic carbocycles. The highest BCUT2D eigenvalue weighted by Gasteiger charge is 2.23. The van der Waals surface area contributed by atoms with Crippen LogP contribution in [0.5, 0.6) is 0 Å². The fourth-order valence-corrected chi connectivity index (χ4v) is 3.13. The molecule has 1 saturated carbocycles. The molecule has 1 unspecified atom stereocenters. The van der Waals surface area contributed by atoms with Crippen molar-refractivity contribution in [2.45, 2.75) is 64.8 Å². The second kappa shape index (κ2) is 6.95. The van der Waals surface area contributed by atoms with Crippen LogP contribution in [0.25, 0.3) is 0 Å². The summed E-state index contributed by atoms with van der Waals surface area (Å²) in [6.45, 7) is 9.06. The summed E-state index contributed by atoms with van der Waals surface area (Å²) in [5.41, 5.74) is 1.33. The van der Waals surface area contributed by atoms with Crippen LogP contribution in [0.3, 0.4) is 0 Å². The molecule has 2 heterocycles. The van der Waals surface area contributed by atoms with Gasteiger partial charge in [0.05, 0.1) is 12.6 Å². The van der Waals surface area contributed by atoms with E-state index in [1.165, 1.54) is 37.8 Å². The van der Waals surface area contributed by atoms with Gasteiger partial charge in [-0.2, -0.15) is 0 Å². The second-order valence-electron chi connectivity index (χ2n) is 6.40. The zero-order chi connectivity index (χ0) is 14.7. The van der Waals surface area contributed by atoms with Gasteiger partial charge in [0.25, 0.3) is 0 Å². The van der Waals surface area contributed by atoms with E-state index in [0.717, 1.165) is 43.8 Å². The van der Waals surface area contributed by atoms with Crippen molar-refractivity contribution in [2.75, 3.05) is 19.7 Å². The van der Waals surface area contributed by atoms with Crippen LogP contribution in [0.1, 0.15) is 49.7 Å². The Labute approximate surface area is 127 Å². The van der Waals surface area contributed by atoms with Crippen molar-refractivity contribution in [3.8, 4) is 0 Å². The van der Waals surface area contributed by atoms with Gasteiger partial charge in [-0.25, -0.2) is 0 Å². The second-order valence-corrected chi connectivity index (χ2v) is 6.40. The lowest BCUT2D eigenvalue weighted by Crippen LogP contribution is -2.39. The van der Waals surface area contributed by atoms with E-state index < -0.39 is 0 Å². The molecular formula is C17H28N2O2. The number of ether oxygens (including phenoxy) is 1. The van der Waals surface area contributed by atoms with Crippen LogP contribution in [0, 0.1) is 6.92 Å².